The molecule has 0 aromatic heterocycles. The zero-order valence-corrected chi connectivity index (χ0v) is 25.7. The average Bonchev–Trinajstić information content (AvgIpc) is 2.90. The number of benzene rings is 2. The molecule has 0 aliphatic carbocycles. The maximum Gasteiger partial charge on any atom is -0.0534 e. The summed E-state index contributed by atoms with van der Waals surface area (Å²) in [6, 6.07) is 13.7. The average molecular weight is 619 g/mol. The molecule has 2 aromatic carbocycles. The van der Waals surface area contributed by atoms with E-state index in [1.165, 1.54) is 64.2 Å². The van der Waals surface area contributed by atoms with Crippen LogP contribution in [0.25, 0.3) is 0 Å². The number of hydrogen-bond acceptors (Lipinski definition) is 4. The maximum atomic E-state index is 11.2. The first-order valence-corrected chi connectivity index (χ1v) is 16.3. The van der Waals surface area contributed by atoms with E-state index in [1.54, 1.807) is 48.5 Å². The fraction of sp³-hybridized carbons (Fsp3) is 0.467. The van der Waals surface area contributed by atoms with Gasteiger partial charge in [-0.15, -0.1) is 0 Å². The Kier molecular flexibility index (Phi) is 22.7. The molecule has 206 valence electrons. The molecule has 0 atom stereocenters. The maximum absolute atomic E-state index is 11.2. The monoisotopic (exact) mass is 620 g/mol. The second-order valence-corrected chi connectivity index (χ2v) is 10.8. The van der Waals surface area contributed by atoms with Crippen molar-refractivity contribution in [1.29, 1.82) is 0 Å². The molecule has 0 spiro atoms. The van der Waals surface area contributed by atoms with E-state index in [9.17, 15) is 9.59 Å². The van der Waals surface area contributed by atoms with Gasteiger partial charge in [-0.2, -0.15) is 12.8 Å². The standard InChI is InChI=1S/2C8H17.2C7H6NO2.Sn/c2*1-3-5-7-8-6-4-2;2*8-6-4-2-1-3-5(6)7(9)10;/h2*1,3-8H2,2H3;2*1-4,8H,(H,9,10);/q4*-1;+2/p+2. The second kappa shape index (κ2) is 24.1. The zero-order valence-electron chi connectivity index (χ0n) is 22.8. The third-order valence-electron chi connectivity index (χ3n) is 5.44. The summed E-state index contributed by atoms with van der Waals surface area (Å²) in [7, 11) is 0. The molecule has 0 amide bonds. The molecule has 0 aliphatic heterocycles. The Balaban J connectivity index is 0.000000669. The molecule has 0 unspecified atom stereocenters. The van der Waals surface area contributed by atoms with Crippen LogP contribution in [0.2, 0.25) is 0 Å². The molecule has 2 rings (SSSR count). The van der Waals surface area contributed by atoms with Crippen molar-refractivity contribution in [2.24, 2.45) is 0 Å². The van der Waals surface area contributed by atoms with Crippen LogP contribution in [-0.4, -0.2) is 43.8 Å². The summed E-state index contributed by atoms with van der Waals surface area (Å²) in [4.78, 5) is 22.4. The van der Waals surface area contributed by atoms with Crippen LogP contribution in [0.1, 0.15) is 112 Å². The van der Waals surface area contributed by atoms with Crippen LogP contribution in [0.15, 0.2) is 48.5 Å². The number of unbranched alkanes of at least 4 members (excludes halogenated alkanes) is 10. The van der Waals surface area contributed by atoms with Crippen LogP contribution >= 0.6 is 0 Å². The van der Waals surface area contributed by atoms with Gasteiger partial charge in [0.15, 0.2) is 0 Å². The molecular formula is C30H48N2O4Sn. The quantitative estimate of drug-likeness (QED) is 0.0930. The number of nitrogens with one attached hydrogen (secondary N) is 2. The topological polar surface area (TPSA) is 104 Å². The second-order valence-electron chi connectivity index (χ2n) is 8.66. The molecule has 0 aliphatic rings. The van der Waals surface area contributed by atoms with E-state index in [2.05, 4.69) is 34.8 Å². The number of rotatable bonds is 16. The van der Waals surface area contributed by atoms with Gasteiger partial charge in [0.25, 0.3) is 0 Å². The molecule has 0 heterocycles. The van der Waals surface area contributed by atoms with E-state index in [1.807, 2.05) is 0 Å². The molecule has 7 heteroatoms. The fourth-order valence-corrected chi connectivity index (χ4v) is 5.50. The smallest absolute Gasteiger partial charge is 0.0534 e. The molecule has 0 bridgehead atoms. The fourth-order valence-electron chi connectivity index (χ4n) is 3.31. The van der Waals surface area contributed by atoms with Gasteiger partial charge in [0, 0.05) is 0 Å². The van der Waals surface area contributed by atoms with Gasteiger partial charge < -0.3 is 13.8 Å². The van der Waals surface area contributed by atoms with Crippen molar-refractivity contribution in [3.63, 3.8) is 0 Å². The van der Waals surface area contributed by atoms with Crippen molar-refractivity contribution in [2.45, 2.75) is 90.9 Å². The van der Waals surface area contributed by atoms with Crippen molar-refractivity contribution in [3.8, 4) is 0 Å². The van der Waals surface area contributed by atoms with Gasteiger partial charge in [0.1, 0.15) is 0 Å². The summed E-state index contributed by atoms with van der Waals surface area (Å²) in [5.74, 6) is -1.47. The van der Waals surface area contributed by atoms with Gasteiger partial charge in [0.05, 0.1) is 0 Å². The number of hydrogen-bond donors (Lipinski definition) is 2. The van der Waals surface area contributed by atoms with Gasteiger partial charge in [0.2, 0.25) is 0 Å². The van der Waals surface area contributed by atoms with E-state index in [0.717, 1.165) is 12.8 Å². The van der Waals surface area contributed by atoms with Gasteiger partial charge in [-0.1, -0.05) is 78.1 Å². The van der Waals surface area contributed by atoms with Gasteiger partial charge in [-0.05, 0) is 0 Å². The Hall–Kier alpha value is -2.22. The summed E-state index contributed by atoms with van der Waals surface area (Å²) in [5, 5.41) is 14.4. The van der Waals surface area contributed by atoms with Crippen molar-refractivity contribution in [3.05, 3.63) is 73.5 Å². The Morgan fingerprint density at radius 1 is 0.649 bits per heavy atom. The van der Waals surface area contributed by atoms with E-state index in [0.29, 0.717) is 22.5 Å². The van der Waals surface area contributed by atoms with Crippen molar-refractivity contribution < 1.29 is 19.8 Å². The summed E-state index contributed by atoms with van der Waals surface area (Å²) in [5.41, 5.74) is 1.88. The first-order chi connectivity index (χ1) is 17.9. The van der Waals surface area contributed by atoms with Gasteiger partial charge in [-0.25, -0.2) is 0 Å². The third-order valence-corrected chi connectivity index (χ3v) is 7.70. The predicted molar refractivity (Wildman–Crippen MR) is 159 cm³/mol. The van der Waals surface area contributed by atoms with Crippen LogP contribution in [-0.2, 0) is 0 Å². The molecule has 0 saturated heterocycles. The number of carbonyl (C=O) groups is 2. The molecule has 37 heavy (non-hydrogen) atoms. The minimum absolute atomic E-state index is 0.324. The summed E-state index contributed by atoms with van der Waals surface area (Å²) < 4.78 is 6.31. The minimum atomic E-state index is -1.36. The summed E-state index contributed by atoms with van der Waals surface area (Å²) >= 11 is -1.36. The molecule has 6 nitrogen and oxygen atoms in total. The molecular weight excluding hydrogens is 571 g/mol. The predicted octanol–water partition coefficient (Wildman–Crippen LogP) is 6.84. The zero-order chi connectivity index (χ0) is 27.7. The first-order valence-electron chi connectivity index (χ1n) is 13.5. The molecule has 0 saturated carbocycles. The van der Waals surface area contributed by atoms with Crippen molar-refractivity contribution in [2.75, 3.05) is 7.08 Å². The summed E-state index contributed by atoms with van der Waals surface area (Å²) in [6.07, 6.45) is 16.0. The van der Waals surface area contributed by atoms with Crippen LogP contribution in [0, 0.1) is 13.8 Å². The Labute approximate surface area is 235 Å². The third kappa shape index (κ3) is 17.8. The Morgan fingerprint density at radius 3 is 1.32 bits per heavy atom. The first kappa shape index (κ1) is 34.8. The van der Waals surface area contributed by atoms with Crippen molar-refractivity contribution in [1.82, 2.24) is 0 Å². The molecule has 2 radical (unpaired) electrons. The normalized spacial score (nSPS) is 9.84. The van der Waals surface area contributed by atoms with Crippen LogP contribution in [0.4, 0.5) is 11.4 Å². The SMILES string of the molecule is O=C([OH2+])c1ccccc1[NH][Sn][NH]c1ccccc1C(=O)[OH2+].[CH2-]CCCCCCC.[CH2-]CCCCCCC. The van der Waals surface area contributed by atoms with E-state index in [-0.39, 0.29) is 0 Å². The van der Waals surface area contributed by atoms with Crippen LogP contribution in [0.5, 0.6) is 0 Å². The van der Waals surface area contributed by atoms with Gasteiger partial charge in [-0.3, -0.25) is 0 Å². The van der Waals surface area contributed by atoms with E-state index >= 15 is 0 Å². The number of anilines is 2. The van der Waals surface area contributed by atoms with Crippen LogP contribution < -0.4 is 7.08 Å². The Morgan fingerprint density at radius 2 is 1.00 bits per heavy atom. The summed E-state index contributed by atoms with van der Waals surface area (Å²) in [6.45, 7) is 12.0. The van der Waals surface area contributed by atoms with Gasteiger partial charge >= 0.3 is 132 Å². The van der Waals surface area contributed by atoms with Crippen molar-refractivity contribution >= 4 is 45.0 Å². The molecule has 0 fully saturated rings. The van der Waals surface area contributed by atoms with Crippen LogP contribution in [0.3, 0.4) is 0 Å². The van der Waals surface area contributed by atoms with E-state index in [4.69, 9.17) is 10.2 Å². The minimum Gasteiger partial charge on any atom is -0.343 e. The number of carbonyl (C=O) groups excluding carboxylic acids is 2. The molecule has 2 aromatic rings. The van der Waals surface area contributed by atoms with E-state index < -0.39 is 33.6 Å². The Bertz CT molecular complexity index is 779. The largest absolute Gasteiger partial charge is 0.343 e. The number of para-hydroxylation sites is 2. The molecule has 6 N–H and O–H groups in total.